The minimum Gasteiger partial charge on any atom is -0.486 e. The Morgan fingerprint density at radius 1 is 1.58 bits per heavy atom. The SMILES string of the molecule is C=CCOc1cc(Cl)ccc1F. The Balaban J connectivity index is 2.82. The molecule has 0 aliphatic carbocycles. The molecule has 0 radical (unpaired) electrons. The van der Waals surface area contributed by atoms with Crippen molar-refractivity contribution in [3.05, 3.63) is 41.7 Å². The third-order valence-electron chi connectivity index (χ3n) is 1.25. The number of hydrogen-bond donors (Lipinski definition) is 0. The van der Waals surface area contributed by atoms with E-state index in [0.717, 1.165) is 0 Å². The van der Waals surface area contributed by atoms with E-state index in [4.69, 9.17) is 16.3 Å². The third-order valence-corrected chi connectivity index (χ3v) is 1.49. The Labute approximate surface area is 75.4 Å². The summed E-state index contributed by atoms with van der Waals surface area (Å²) in [7, 11) is 0. The second kappa shape index (κ2) is 4.12. The molecule has 0 spiro atoms. The highest BCUT2D eigenvalue weighted by Gasteiger charge is 2.02. The van der Waals surface area contributed by atoms with Gasteiger partial charge in [0.15, 0.2) is 11.6 Å². The fraction of sp³-hybridized carbons (Fsp3) is 0.111. The van der Waals surface area contributed by atoms with Crippen molar-refractivity contribution < 1.29 is 9.13 Å². The van der Waals surface area contributed by atoms with Gasteiger partial charge in [0.25, 0.3) is 0 Å². The fourth-order valence-corrected chi connectivity index (χ4v) is 0.899. The van der Waals surface area contributed by atoms with Crippen molar-refractivity contribution >= 4 is 11.6 Å². The topological polar surface area (TPSA) is 9.23 Å². The maximum Gasteiger partial charge on any atom is 0.165 e. The van der Waals surface area contributed by atoms with Gasteiger partial charge in [0.05, 0.1) is 0 Å². The summed E-state index contributed by atoms with van der Waals surface area (Å²) in [5.41, 5.74) is 0. The van der Waals surface area contributed by atoms with Crippen LogP contribution in [0.1, 0.15) is 0 Å². The fourth-order valence-electron chi connectivity index (χ4n) is 0.737. The van der Waals surface area contributed by atoms with Crippen molar-refractivity contribution in [2.24, 2.45) is 0 Å². The standard InChI is InChI=1S/C9H8ClFO/c1-2-5-12-9-6-7(10)3-4-8(9)11/h2-4,6H,1,5H2. The first-order chi connectivity index (χ1) is 5.74. The van der Waals surface area contributed by atoms with Gasteiger partial charge in [-0.15, -0.1) is 0 Å². The molecular formula is C9H8ClFO. The van der Waals surface area contributed by atoms with Crippen LogP contribution in [0.25, 0.3) is 0 Å². The number of benzene rings is 1. The molecule has 0 bridgehead atoms. The summed E-state index contributed by atoms with van der Waals surface area (Å²) in [6, 6.07) is 4.17. The molecule has 12 heavy (non-hydrogen) atoms. The van der Waals surface area contributed by atoms with E-state index in [1.54, 1.807) is 6.08 Å². The molecule has 64 valence electrons. The maximum absolute atomic E-state index is 12.9. The van der Waals surface area contributed by atoms with Gasteiger partial charge in [-0.3, -0.25) is 0 Å². The van der Waals surface area contributed by atoms with Gasteiger partial charge in [0.2, 0.25) is 0 Å². The Bertz CT molecular complexity index is 286. The molecule has 0 heterocycles. The first kappa shape index (κ1) is 9.07. The van der Waals surface area contributed by atoms with Crippen LogP contribution in [0.3, 0.4) is 0 Å². The minimum absolute atomic E-state index is 0.155. The lowest BCUT2D eigenvalue weighted by molar-refractivity contribution is 0.342. The van der Waals surface area contributed by atoms with Crippen LogP contribution in [-0.4, -0.2) is 6.61 Å². The van der Waals surface area contributed by atoms with Crippen molar-refractivity contribution in [3.8, 4) is 5.75 Å². The first-order valence-electron chi connectivity index (χ1n) is 3.43. The van der Waals surface area contributed by atoms with E-state index in [1.807, 2.05) is 0 Å². The summed E-state index contributed by atoms with van der Waals surface area (Å²) in [6.45, 7) is 3.72. The van der Waals surface area contributed by atoms with E-state index in [9.17, 15) is 4.39 Å². The molecule has 1 nitrogen and oxygen atoms in total. The van der Waals surface area contributed by atoms with Gasteiger partial charge < -0.3 is 4.74 Å². The van der Waals surface area contributed by atoms with Crippen molar-refractivity contribution in [1.82, 2.24) is 0 Å². The average Bonchev–Trinajstić information content (AvgIpc) is 2.07. The summed E-state index contributed by atoms with van der Waals surface area (Å²) in [4.78, 5) is 0. The minimum atomic E-state index is -0.416. The van der Waals surface area contributed by atoms with Crippen LogP contribution in [0.4, 0.5) is 4.39 Å². The van der Waals surface area contributed by atoms with E-state index >= 15 is 0 Å². The Kier molecular flexibility index (Phi) is 3.11. The van der Waals surface area contributed by atoms with E-state index in [1.165, 1.54) is 18.2 Å². The molecule has 0 saturated carbocycles. The Morgan fingerprint density at radius 3 is 3.00 bits per heavy atom. The average molecular weight is 187 g/mol. The molecule has 0 aliphatic heterocycles. The van der Waals surface area contributed by atoms with Crippen LogP contribution in [0.15, 0.2) is 30.9 Å². The second-order valence-corrected chi connectivity index (χ2v) is 2.61. The summed E-state index contributed by atoms with van der Waals surface area (Å²) >= 11 is 5.62. The number of rotatable bonds is 3. The second-order valence-electron chi connectivity index (χ2n) is 2.17. The lowest BCUT2D eigenvalue weighted by Crippen LogP contribution is -1.95. The summed E-state index contributed by atoms with van der Waals surface area (Å²) in [5.74, 6) is -0.261. The lowest BCUT2D eigenvalue weighted by atomic mass is 10.3. The highest BCUT2D eigenvalue weighted by atomic mass is 35.5. The predicted molar refractivity (Wildman–Crippen MR) is 47.1 cm³/mol. The molecule has 3 heteroatoms. The van der Waals surface area contributed by atoms with Gasteiger partial charge in [-0.05, 0) is 12.1 Å². The van der Waals surface area contributed by atoms with Crippen molar-refractivity contribution in [2.45, 2.75) is 0 Å². The van der Waals surface area contributed by atoms with Crippen LogP contribution in [0.5, 0.6) is 5.75 Å². The lowest BCUT2D eigenvalue weighted by Gasteiger charge is -2.03. The van der Waals surface area contributed by atoms with E-state index in [0.29, 0.717) is 5.02 Å². The number of ether oxygens (including phenoxy) is 1. The van der Waals surface area contributed by atoms with E-state index in [2.05, 4.69) is 6.58 Å². The smallest absolute Gasteiger partial charge is 0.165 e. The van der Waals surface area contributed by atoms with Crippen LogP contribution in [0.2, 0.25) is 5.02 Å². The third kappa shape index (κ3) is 2.24. The van der Waals surface area contributed by atoms with Crippen molar-refractivity contribution in [3.63, 3.8) is 0 Å². The molecule has 0 amide bonds. The number of hydrogen-bond acceptors (Lipinski definition) is 1. The summed E-state index contributed by atoms with van der Waals surface area (Å²) in [5, 5.41) is 0.454. The zero-order chi connectivity index (χ0) is 8.97. The Hall–Kier alpha value is -1.02. The van der Waals surface area contributed by atoms with Crippen molar-refractivity contribution in [2.75, 3.05) is 6.61 Å². The zero-order valence-electron chi connectivity index (χ0n) is 6.39. The van der Waals surface area contributed by atoms with Gasteiger partial charge >= 0.3 is 0 Å². The Morgan fingerprint density at radius 2 is 2.33 bits per heavy atom. The van der Waals surface area contributed by atoms with Gasteiger partial charge in [-0.1, -0.05) is 24.3 Å². The molecular weight excluding hydrogens is 179 g/mol. The van der Waals surface area contributed by atoms with Gasteiger partial charge in [-0.25, -0.2) is 4.39 Å². The molecule has 0 aliphatic rings. The van der Waals surface area contributed by atoms with Crippen LogP contribution >= 0.6 is 11.6 Å². The van der Waals surface area contributed by atoms with Crippen LogP contribution in [0, 0.1) is 5.82 Å². The molecule has 0 unspecified atom stereocenters. The number of halogens is 2. The molecule has 0 N–H and O–H groups in total. The summed E-state index contributed by atoms with van der Waals surface area (Å²) in [6.07, 6.45) is 1.54. The zero-order valence-corrected chi connectivity index (χ0v) is 7.14. The van der Waals surface area contributed by atoms with Gasteiger partial charge in [0, 0.05) is 11.1 Å². The van der Waals surface area contributed by atoms with Crippen LogP contribution < -0.4 is 4.74 Å². The molecule has 1 aromatic rings. The molecule has 0 saturated heterocycles. The van der Waals surface area contributed by atoms with Crippen LogP contribution in [-0.2, 0) is 0 Å². The van der Waals surface area contributed by atoms with Gasteiger partial charge in [-0.2, -0.15) is 0 Å². The highest BCUT2D eigenvalue weighted by molar-refractivity contribution is 6.30. The molecule has 1 rings (SSSR count). The van der Waals surface area contributed by atoms with Gasteiger partial charge in [0.1, 0.15) is 6.61 Å². The largest absolute Gasteiger partial charge is 0.486 e. The monoisotopic (exact) mass is 186 g/mol. The van der Waals surface area contributed by atoms with E-state index in [-0.39, 0.29) is 12.4 Å². The molecule has 0 fully saturated rings. The molecule has 0 aromatic heterocycles. The maximum atomic E-state index is 12.9. The first-order valence-corrected chi connectivity index (χ1v) is 3.80. The quantitative estimate of drug-likeness (QED) is 0.660. The normalized spacial score (nSPS) is 9.50. The molecule has 0 atom stereocenters. The predicted octanol–water partition coefficient (Wildman–Crippen LogP) is 3.04. The molecule has 1 aromatic carbocycles. The summed E-state index contributed by atoms with van der Waals surface area (Å²) < 4.78 is 17.9. The van der Waals surface area contributed by atoms with Crippen molar-refractivity contribution in [1.29, 1.82) is 0 Å². The van der Waals surface area contributed by atoms with E-state index < -0.39 is 5.82 Å². The highest BCUT2D eigenvalue weighted by Crippen LogP contribution is 2.21.